The van der Waals surface area contributed by atoms with Gasteiger partial charge in [-0.2, -0.15) is 0 Å². The van der Waals surface area contributed by atoms with E-state index in [-0.39, 0.29) is 0 Å². The first-order chi connectivity index (χ1) is 12.6. The minimum Gasteiger partial charge on any atom is -0.497 e. The van der Waals surface area contributed by atoms with Gasteiger partial charge in [0.05, 0.1) is 24.7 Å². The minimum absolute atomic E-state index is 0.713. The molecule has 0 atom stereocenters. The van der Waals surface area contributed by atoms with Crippen molar-refractivity contribution >= 4 is 0 Å². The lowest BCUT2D eigenvalue weighted by Gasteiger charge is -2.31. The van der Waals surface area contributed by atoms with Crippen LogP contribution in [-0.4, -0.2) is 54.1 Å². The highest BCUT2D eigenvalue weighted by molar-refractivity contribution is 5.28. The fourth-order valence-corrected chi connectivity index (χ4v) is 3.57. The molecule has 2 aromatic rings. The number of methoxy groups -OCH3 is 1. The van der Waals surface area contributed by atoms with Crippen LogP contribution in [0.15, 0.2) is 36.7 Å². The van der Waals surface area contributed by atoms with Crippen LogP contribution in [0, 0.1) is 5.92 Å². The summed E-state index contributed by atoms with van der Waals surface area (Å²) in [5, 5.41) is 0. The van der Waals surface area contributed by atoms with Crippen molar-refractivity contribution in [3.8, 4) is 5.75 Å². The maximum atomic E-state index is 5.32. The Hall–Kier alpha value is -1.98. The number of ether oxygens (including phenoxy) is 1. The number of benzene rings is 1. The van der Waals surface area contributed by atoms with Gasteiger partial charge >= 0.3 is 0 Å². The number of piperidine rings is 1. The molecule has 1 aliphatic heterocycles. The second kappa shape index (κ2) is 9.10. The van der Waals surface area contributed by atoms with E-state index in [1.807, 2.05) is 18.5 Å². The lowest BCUT2D eigenvalue weighted by Crippen LogP contribution is -2.34. The van der Waals surface area contributed by atoms with Gasteiger partial charge in [-0.15, -0.1) is 0 Å². The number of aromatic nitrogens is 2. The van der Waals surface area contributed by atoms with Crippen LogP contribution >= 0.6 is 0 Å². The molecule has 1 aromatic heterocycles. The average molecular weight is 354 g/mol. The van der Waals surface area contributed by atoms with Crippen molar-refractivity contribution in [3.05, 3.63) is 53.6 Å². The van der Waals surface area contributed by atoms with Gasteiger partial charge in [-0.3, -0.25) is 14.9 Å². The first kappa shape index (κ1) is 18.8. The zero-order valence-corrected chi connectivity index (χ0v) is 16.2. The molecule has 0 bridgehead atoms. The molecule has 0 saturated carbocycles. The molecule has 2 heterocycles. The monoisotopic (exact) mass is 354 g/mol. The Morgan fingerprint density at radius 2 is 1.85 bits per heavy atom. The standard InChI is InChI=1S/C21H30N4O/c1-24(2)16-20-14-22-19(13-23-20)11-17-7-9-25(10-8-17)15-18-5-4-6-21(12-18)26-3/h4-6,12-14,17H,7-11,15-16H2,1-3H3. The number of rotatable bonds is 7. The molecule has 26 heavy (non-hydrogen) atoms. The van der Waals surface area contributed by atoms with Gasteiger partial charge in [0, 0.05) is 19.3 Å². The van der Waals surface area contributed by atoms with E-state index in [0.29, 0.717) is 5.92 Å². The maximum Gasteiger partial charge on any atom is 0.119 e. The smallest absolute Gasteiger partial charge is 0.119 e. The van der Waals surface area contributed by atoms with E-state index in [1.165, 1.54) is 18.4 Å². The van der Waals surface area contributed by atoms with Crippen LogP contribution in [-0.2, 0) is 19.5 Å². The number of hydrogen-bond donors (Lipinski definition) is 0. The van der Waals surface area contributed by atoms with Gasteiger partial charge in [0.15, 0.2) is 0 Å². The van der Waals surface area contributed by atoms with E-state index >= 15 is 0 Å². The minimum atomic E-state index is 0.713. The van der Waals surface area contributed by atoms with Crippen LogP contribution in [0.2, 0.25) is 0 Å². The van der Waals surface area contributed by atoms with E-state index < -0.39 is 0 Å². The highest BCUT2D eigenvalue weighted by Gasteiger charge is 2.20. The highest BCUT2D eigenvalue weighted by atomic mass is 16.5. The summed E-state index contributed by atoms with van der Waals surface area (Å²) in [7, 11) is 5.82. The van der Waals surface area contributed by atoms with Crippen LogP contribution in [0.5, 0.6) is 5.75 Å². The van der Waals surface area contributed by atoms with E-state index in [0.717, 1.165) is 49.7 Å². The van der Waals surface area contributed by atoms with Gasteiger partial charge in [0.2, 0.25) is 0 Å². The SMILES string of the molecule is COc1cccc(CN2CCC(Cc3cnc(CN(C)C)cn3)CC2)c1. The summed E-state index contributed by atoms with van der Waals surface area (Å²) >= 11 is 0. The van der Waals surface area contributed by atoms with Gasteiger partial charge in [-0.05, 0) is 70.1 Å². The third kappa shape index (κ3) is 5.51. The van der Waals surface area contributed by atoms with Gasteiger partial charge in [-0.1, -0.05) is 12.1 Å². The lowest BCUT2D eigenvalue weighted by molar-refractivity contribution is 0.176. The van der Waals surface area contributed by atoms with E-state index in [2.05, 4.69) is 52.1 Å². The van der Waals surface area contributed by atoms with Crippen molar-refractivity contribution in [3.63, 3.8) is 0 Å². The second-order valence-corrected chi connectivity index (χ2v) is 7.51. The normalized spacial score (nSPS) is 16.2. The summed E-state index contributed by atoms with van der Waals surface area (Å²) in [6.45, 7) is 4.14. The van der Waals surface area contributed by atoms with Crippen molar-refractivity contribution < 1.29 is 4.74 Å². The summed E-state index contributed by atoms with van der Waals surface area (Å²) < 4.78 is 5.32. The molecule has 1 aromatic carbocycles. The predicted octanol–water partition coefficient (Wildman–Crippen LogP) is 3.00. The molecule has 140 valence electrons. The topological polar surface area (TPSA) is 41.5 Å². The Labute approximate surface area is 157 Å². The highest BCUT2D eigenvalue weighted by Crippen LogP contribution is 2.23. The summed E-state index contributed by atoms with van der Waals surface area (Å²) in [6, 6.07) is 8.39. The Morgan fingerprint density at radius 3 is 2.50 bits per heavy atom. The fraction of sp³-hybridized carbons (Fsp3) is 0.524. The second-order valence-electron chi connectivity index (χ2n) is 7.51. The zero-order valence-electron chi connectivity index (χ0n) is 16.2. The van der Waals surface area contributed by atoms with E-state index in [1.54, 1.807) is 7.11 Å². The molecule has 0 N–H and O–H groups in total. The lowest BCUT2D eigenvalue weighted by atomic mass is 9.92. The molecule has 0 radical (unpaired) electrons. The summed E-state index contributed by atoms with van der Waals surface area (Å²) in [5.41, 5.74) is 3.48. The zero-order chi connectivity index (χ0) is 18.4. The number of hydrogen-bond acceptors (Lipinski definition) is 5. The molecule has 1 fully saturated rings. The number of nitrogens with zero attached hydrogens (tertiary/aromatic N) is 4. The van der Waals surface area contributed by atoms with Gasteiger partial charge in [0.1, 0.15) is 5.75 Å². The number of likely N-dealkylation sites (tertiary alicyclic amines) is 1. The molecule has 0 amide bonds. The third-order valence-corrected chi connectivity index (χ3v) is 4.98. The Morgan fingerprint density at radius 1 is 1.12 bits per heavy atom. The van der Waals surface area contributed by atoms with Crippen LogP contribution in [0.4, 0.5) is 0 Å². The maximum absolute atomic E-state index is 5.32. The molecular weight excluding hydrogens is 324 g/mol. The quantitative estimate of drug-likeness (QED) is 0.765. The fourth-order valence-electron chi connectivity index (χ4n) is 3.57. The first-order valence-electron chi connectivity index (χ1n) is 9.42. The molecule has 5 heteroatoms. The van der Waals surface area contributed by atoms with Crippen molar-refractivity contribution in [2.24, 2.45) is 5.92 Å². The molecule has 1 saturated heterocycles. The van der Waals surface area contributed by atoms with Crippen LogP contribution in [0.1, 0.15) is 29.8 Å². The predicted molar refractivity (Wildman–Crippen MR) is 104 cm³/mol. The van der Waals surface area contributed by atoms with Crippen molar-refractivity contribution in [1.29, 1.82) is 0 Å². The summed E-state index contributed by atoms with van der Waals surface area (Å²) in [4.78, 5) is 13.8. The largest absolute Gasteiger partial charge is 0.497 e. The molecule has 1 aliphatic rings. The van der Waals surface area contributed by atoms with Crippen LogP contribution < -0.4 is 4.74 Å². The molecule has 0 aliphatic carbocycles. The van der Waals surface area contributed by atoms with Gasteiger partial charge in [0.25, 0.3) is 0 Å². The molecular formula is C21H30N4O. The van der Waals surface area contributed by atoms with E-state index in [4.69, 9.17) is 4.74 Å². The van der Waals surface area contributed by atoms with Gasteiger partial charge in [-0.25, -0.2) is 0 Å². The van der Waals surface area contributed by atoms with Gasteiger partial charge < -0.3 is 9.64 Å². The first-order valence-corrected chi connectivity index (χ1v) is 9.42. The van der Waals surface area contributed by atoms with Crippen LogP contribution in [0.25, 0.3) is 0 Å². The molecule has 0 unspecified atom stereocenters. The van der Waals surface area contributed by atoms with Crippen LogP contribution in [0.3, 0.4) is 0 Å². The Balaban J connectivity index is 1.46. The molecule has 5 nitrogen and oxygen atoms in total. The summed E-state index contributed by atoms with van der Waals surface area (Å²) in [6.07, 6.45) is 7.38. The van der Waals surface area contributed by atoms with E-state index in [9.17, 15) is 0 Å². The van der Waals surface area contributed by atoms with Crippen molar-refractivity contribution in [2.45, 2.75) is 32.4 Å². The Kier molecular flexibility index (Phi) is 6.58. The summed E-state index contributed by atoms with van der Waals surface area (Å²) in [5.74, 6) is 1.65. The average Bonchev–Trinajstić information content (AvgIpc) is 2.65. The van der Waals surface area contributed by atoms with Crippen molar-refractivity contribution in [2.75, 3.05) is 34.3 Å². The third-order valence-electron chi connectivity index (χ3n) is 4.98. The molecule has 3 rings (SSSR count). The molecule has 0 spiro atoms. The Bertz CT molecular complexity index is 679. The van der Waals surface area contributed by atoms with Crippen molar-refractivity contribution in [1.82, 2.24) is 19.8 Å².